The molecule has 0 saturated heterocycles. The number of halogens is 3. The van der Waals surface area contributed by atoms with E-state index in [1.54, 1.807) is 7.05 Å². The molecule has 0 amide bonds. The molecule has 0 spiro atoms. The zero-order valence-electron chi connectivity index (χ0n) is 11.1. The standard InChI is InChI=1S/C13H19F3N2/c1-5-12(2,3)11(17-4)9-8-18-7-6-10(9)13(14,15)16/h6-8,11,17H,5H2,1-4H3. The van der Waals surface area contributed by atoms with Crippen LogP contribution in [-0.4, -0.2) is 12.0 Å². The van der Waals surface area contributed by atoms with Crippen LogP contribution in [0.5, 0.6) is 0 Å². The number of pyridine rings is 1. The van der Waals surface area contributed by atoms with Gasteiger partial charge in [-0.3, -0.25) is 4.98 Å². The first kappa shape index (κ1) is 15.0. The van der Waals surface area contributed by atoms with Gasteiger partial charge in [-0.05, 0) is 24.9 Å². The van der Waals surface area contributed by atoms with Gasteiger partial charge in [-0.25, -0.2) is 0 Å². The summed E-state index contributed by atoms with van der Waals surface area (Å²) in [5.41, 5.74) is -0.685. The van der Waals surface area contributed by atoms with Gasteiger partial charge in [0.05, 0.1) is 5.56 Å². The molecular weight excluding hydrogens is 241 g/mol. The van der Waals surface area contributed by atoms with Crippen LogP contribution < -0.4 is 5.32 Å². The van der Waals surface area contributed by atoms with Crippen molar-refractivity contribution in [2.45, 2.75) is 39.4 Å². The number of nitrogens with one attached hydrogen (secondary N) is 1. The third-order valence-electron chi connectivity index (χ3n) is 3.45. The third kappa shape index (κ3) is 3.02. The second kappa shape index (κ2) is 5.26. The lowest BCUT2D eigenvalue weighted by atomic mass is 9.77. The minimum Gasteiger partial charge on any atom is -0.312 e. The molecule has 1 aromatic rings. The molecule has 1 unspecified atom stereocenters. The van der Waals surface area contributed by atoms with Crippen LogP contribution in [0, 0.1) is 5.41 Å². The van der Waals surface area contributed by atoms with Crippen molar-refractivity contribution in [1.29, 1.82) is 0 Å². The highest BCUT2D eigenvalue weighted by molar-refractivity contribution is 5.30. The highest BCUT2D eigenvalue weighted by Gasteiger charge is 2.38. The van der Waals surface area contributed by atoms with E-state index in [1.807, 2.05) is 20.8 Å². The number of hydrogen-bond donors (Lipinski definition) is 1. The number of alkyl halides is 3. The van der Waals surface area contributed by atoms with E-state index in [4.69, 9.17) is 0 Å². The summed E-state index contributed by atoms with van der Waals surface area (Å²) >= 11 is 0. The molecule has 0 radical (unpaired) electrons. The van der Waals surface area contributed by atoms with E-state index in [0.29, 0.717) is 0 Å². The van der Waals surface area contributed by atoms with Gasteiger partial charge in [0.2, 0.25) is 0 Å². The average Bonchev–Trinajstić information content (AvgIpc) is 2.29. The largest absolute Gasteiger partial charge is 0.416 e. The molecule has 1 heterocycles. The lowest BCUT2D eigenvalue weighted by Crippen LogP contribution is -2.33. The Bertz CT molecular complexity index is 399. The van der Waals surface area contributed by atoms with Crippen molar-refractivity contribution in [2.24, 2.45) is 5.41 Å². The van der Waals surface area contributed by atoms with E-state index >= 15 is 0 Å². The van der Waals surface area contributed by atoms with Gasteiger partial charge < -0.3 is 5.32 Å². The molecule has 0 aromatic carbocycles. The van der Waals surface area contributed by atoms with Crippen molar-refractivity contribution in [2.75, 3.05) is 7.05 Å². The van der Waals surface area contributed by atoms with Gasteiger partial charge >= 0.3 is 6.18 Å². The summed E-state index contributed by atoms with van der Waals surface area (Å²) in [4.78, 5) is 3.84. The van der Waals surface area contributed by atoms with E-state index in [9.17, 15) is 13.2 Å². The van der Waals surface area contributed by atoms with Crippen LogP contribution in [0.2, 0.25) is 0 Å². The molecule has 0 bridgehead atoms. The van der Waals surface area contributed by atoms with Gasteiger partial charge in [-0.2, -0.15) is 13.2 Å². The second-order valence-electron chi connectivity index (χ2n) is 5.02. The number of aromatic nitrogens is 1. The maximum atomic E-state index is 13.0. The summed E-state index contributed by atoms with van der Waals surface area (Å²) < 4.78 is 38.9. The first-order chi connectivity index (χ1) is 8.24. The number of nitrogens with zero attached hydrogens (tertiary/aromatic N) is 1. The van der Waals surface area contributed by atoms with E-state index in [1.165, 1.54) is 12.4 Å². The third-order valence-corrected chi connectivity index (χ3v) is 3.45. The highest BCUT2D eigenvalue weighted by Crippen LogP contribution is 2.41. The van der Waals surface area contributed by atoms with Crippen LogP contribution in [0.25, 0.3) is 0 Å². The molecular formula is C13H19F3N2. The van der Waals surface area contributed by atoms with Crippen molar-refractivity contribution in [3.05, 3.63) is 29.6 Å². The minimum absolute atomic E-state index is 0.208. The molecule has 0 aliphatic heterocycles. The van der Waals surface area contributed by atoms with Crippen LogP contribution in [-0.2, 0) is 6.18 Å². The molecule has 1 N–H and O–H groups in total. The molecule has 2 nitrogen and oxygen atoms in total. The summed E-state index contributed by atoms with van der Waals surface area (Å²) in [7, 11) is 1.68. The Labute approximate surface area is 106 Å². The Kier molecular flexibility index (Phi) is 4.37. The highest BCUT2D eigenvalue weighted by atomic mass is 19.4. The maximum Gasteiger partial charge on any atom is 0.416 e. The van der Waals surface area contributed by atoms with E-state index in [2.05, 4.69) is 10.3 Å². The molecule has 102 valence electrons. The van der Waals surface area contributed by atoms with Gasteiger partial charge in [0.1, 0.15) is 0 Å². The zero-order valence-corrected chi connectivity index (χ0v) is 11.1. The predicted molar refractivity (Wildman–Crippen MR) is 65.1 cm³/mol. The molecule has 1 aromatic heterocycles. The average molecular weight is 260 g/mol. The second-order valence-corrected chi connectivity index (χ2v) is 5.02. The van der Waals surface area contributed by atoms with Crippen molar-refractivity contribution >= 4 is 0 Å². The van der Waals surface area contributed by atoms with Crippen molar-refractivity contribution in [3.8, 4) is 0 Å². The smallest absolute Gasteiger partial charge is 0.312 e. The quantitative estimate of drug-likeness (QED) is 0.890. The van der Waals surface area contributed by atoms with Crippen LogP contribution in [0.15, 0.2) is 18.5 Å². The molecule has 1 rings (SSSR count). The number of rotatable bonds is 4. The summed E-state index contributed by atoms with van der Waals surface area (Å²) in [5, 5.41) is 2.98. The zero-order chi connectivity index (χ0) is 14.0. The Morgan fingerprint density at radius 1 is 1.33 bits per heavy atom. The van der Waals surface area contributed by atoms with Crippen LogP contribution in [0.1, 0.15) is 44.4 Å². The fraction of sp³-hybridized carbons (Fsp3) is 0.615. The van der Waals surface area contributed by atoms with Crippen molar-refractivity contribution in [3.63, 3.8) is 0 Å². The molecule has 18 heavy (non-hydrogen) atoms. The maximum absolute atomic E-state index is 13.0. The van der Waals surface area contributed by atoms with E-state index in [-0.39, 0.29) is 17.0 Å². The summed E-state index contributed by atoms with van der Waals surface area (Å²) in [6.45, 7) is 5.86. The Morgan fingerprint density at radius 3 is 2.39 bits per heavy atom. The molecule has 0 aliphatic rings. The van der Waals surface area contributed by atoms with Gasteiger partial charge in [0, 0.05) is 24.0 Å². The topological polar surface area (TPSA) is 24.9 Å². The first-order valence-electron chi connectivity index (χ1n) is 5.92. The monoisotopic (exact) mass is 260 g/mol. The summed E-state index contributed by atoms with van der Waals surface area (Å²) in [6, 6.07) is 0.652. The SMILES string of the molecule is CCC(C)(C)C(NC)c1cnccc1C(F)(F)F. The number of hydrogen-bond acceptors (Lipinski definition) is 2. The fourth-order valence-corrected chi connectivity index (χ4v) is 2.07. The molecule has 0 aliphatic carbocycles. The lowest BCUT2D eigenvalue weighted by molar-refractivity contribution is -0.138. The lowest BCUT2D eigenvalue weighted by Gasteiger charge is -2.34. The van der Waals surface area contributed by atoms with Crippen LogP contribution in [0.4, 0.5) is 13.2 Å². The Hall–Kier alpha value is -1.10. The van der Waals surface area contributed by atoms with Gasteiger partial charge in [-0.15, -0.1) is 0 Å². The molecule has 1 atom stereocenters. The first-order valence-corrected chi connectivity index (χ1v) is 5.92. The van der Waals surface area contributed by atoms with Crippen LogP contribution in [0.3, 0.4) is 0 Å². The predicted octanol–water partition coefficient (Wildman–Crippen LogP) is 3.80. The summed E-state index contributed by atoms with van der Waals surface area (Å²) in [5.74, 6) is 0. The Balaban J connectivity index is 3.31. The van der Waals surface area contributed by atoms with Crippen molar-refractivity contribution in [1.82, 2.24) is 10.3 Å². The van der Waals surface area contributed by atoms with E-state index < -0.39 is 11.7 Å². The minimum atomic E-state index is -4.35. The fourth-order valence-electron chi connectivity index (χ4n) is 2.07. The Morgan fingerprint density at radius 2 is 1.94 bits per heavy atom. The van der Waals surface area contributed by atoms with Gasteiger partial charge in [0.25, 0.3) is 0 Å². The van der Waals surface area contributed by atoms with Gasteiger partial charge in [-0.1, -0.05) is 20.8 Å². The molecule has 5 heteroatoms. The van der Waals surface area contributed by atoms with E-state index in [0.717, 1.165) is 12.5 Å². The summed E-state index contributed by atoms with van der Waals surface area (Å²) in [6.07, 6.45) is -1.10. The molecule has 0 fully saturated rings. The van der Waals surface area contributed by atoms with Gasteiger partial charge in [0.15, 0.2) is 0 Å². The van der Waals surface area contributed by atoms with Crippen LogP contribution >= 0.6 is 0 Å². The van der Waals surface area contributed by atoms with Crippen molar-refractivity contribution < 1.29 is 13.2 Å². The normalized spacial score (nSPS) is 14.6. The molecule has 0 saturated carbocycles.